The summed E-state index contributed by atoms with van der Waals surface area (Å²) in [6, 6.07) is 9.47. The van der Waals surface area contributed by atoms with Crippen molar-refractivity contribution in [1.82, 2.24) is 5.32 Å². The zero-order chi connectivity index (χ0) is 12.7. The molecule has 0 aliphatic carbocycles. The maximum Gasteiger partial charge on any atom is 0.0374 e. The van der Waals surface area contributed by atoms with Gasteiger partial charge in [0.25, 0.3) is 0 Å². The van der Waals surface area contributed by atoms with E-state index in [1.54, 1.807) is 0 Å². The van der Waals surface area contributed by atoms with E-state index in [4.69, 9.17) is 0 Å². The van der Waals surface area contributed by atoms with E-state index in [2.05, 4.69) is 54.7 Å². The Hall–Kier alpha value is -0.670. The summed E-state index contributed by atoms with van der Waals surface area (Å²) < 4.78 is 0. The number of rotatable bonds is 7. The summed E-state index contributed by atoms with van der Waals surface area (Å²) in [7, 11) is 4.17. The zero-order valence-corrected chi connectivity index (χ0v) is 12.2. The van der Waals surface area contributed by atoms with Crippen LogP contribution in [-0.2, 0) is 6.54 Å². The second-order valence-electron chi connectivity index (χ2n) is 4.33. The predicted molar refractivity (Wildman–Crippen MR) is 80.1 cm³/mol. The number of anilines is 1. The highest BCUT2D eigenvalue weighted by Crippen LogP contribution is 2.19. The SMILES string of the molecule is CCC(CSC)N(C)c1ccc(CNC)cc1. The van der Waals surface area contributed by atoms with Crippen LogP contribution in [0.25, 0.3) is 0 Å². The van der Waals surface area contributed by atoms with Gasteiger partial charge in [0, 0.05) is 31.1 Å². The van der Waals surface area contributed by atoms with Crippen LogP contribution in [0.15, 0.2) is 24.3 Å². The molecule has 96 valence electrons. The number of hydrogen-bond acceptors (Lipinski definition) is 3. The third-order valence-electron chi connectivity index (χ3n) is 3.10. The predicted octanol–water partition coefficient (Wildman–Crippen LogP) is 2.98. The van der Waals surface area contributed by atoms with Gasteiger partial charge in [-0.1, -0.05) is 19.1 Å². The van der Waals surface area contributed by atoms with Crippen molar-refractivity contribution in [1.29, 1.82) is 0 Å². The highest BCUT2D eigenvalue weighted by Gasteiger charge is 2.12. The first kappa shape index (κ1) is 14.4. The van der Waals surface area contributed by atoms with Crippen LogP contribution >= 0.6 is 11.8 Å². The van der Waals surface area contributed by atoms with Crippen molar-refractivity contribution in [2.75, 3.05) is 31.0 Å². The summed E-state index contributed by atoms with van der Waals surface area (Å²) in [5, 5.41) is 3.17. The van der Waals surface area contributed by atoms with Gasteiger partial charge in [-0.15, -0.1) is 0 Å². The first-order chi connectivity index (χ1) is 8.22. The molecule has 3 heteroatoms. The molecular weight excluding hydrogens is 228 g/mol. The van der Waals surface area contributed by atoms with E-state index in [-0.39, 0.29) is 0 Å². The van der Waals surface area contributed by atoms with Gasteiger partial charge in [-0.25, -0.2) is 0 Å². The van der Waals surface area contributed by atoms with E-state index in [9.17, 15) is 0 Å². The smallest absolute Gasteiger partial charge is 0.0374 e. The second kappa shape index (κ2) is 7.62. The van der Waals surface area contributed by atoms with Gasteiger partial charge < -0.3 is 10.2 Å². The van der Waals surface area contributed by atoms with E-state index in [1.807, 2.05) is 18.8 Å². The molecule has 0 fully saturated rings. The first-order valence-electron chi connectivity index (χ1n) is 6.18. The van der Waals surface area contributed by atoms with E-state index < -0.39 is 0 Å². The molecular formula is C14H24N2S. The lowest BCUT2D eigenvalue weighted by Gasteiger charge is -2.29. The molecule has 0 radical (unpaired) electrons. The van der Waals surface area contributed by atoms with E-state index >= 15 is 0 Å². The Morgan fingerprint density at radius 1 is 1.29 bits per heavy atom. The third-order valence-corrected chi connectivity index (χ3v) is 3.82. The van der Waals surface area contributed by atoms with Gasteiger partial charge in [-0.05, 0) is 37.4 Å². The standard InChI is InChI=1S/C14H24N2S/c1-5-13(11-17-4)16(3)14-8-6-12(7-9-14)10-15-2/h6-9,13,15H,5,10-11H2,1-4H3. The Morgan fingerprint density at radius 3 is 2.41 bits per heavy atom. The largest absolute Gasteiger partial charge is 0.371 e. The van der Waals surface area contributed by atoms with Gasteiger partial charge in [0.05, 0.1) is 0 Å². The summed E-state index contributed by atoms with van der Waals surface area (Å²) in [6.07, 6.45) is 3.36. The van der Waals surface area contributed by atoms with Gasteiger partial charge in [-0.3, -0.25) is 0 Å². The fourth-order valence-electron chi connectivity index (χ4n) is 1.96. The summed E-state index contributed by atoms with van der Waals surface area (Å²) in [4.78, 5) is 2.39. The quantitative estimate of drug-likeness (QED) is 0.803. The molecule has 0 bridgehead atoms. The van der Waals surface area contributed by atoms with Gasteiger partial charge in [0.15, 0.2) is 0 Å². The number of hydrogen-bond donors (Lipinski definition) is 1. The Kier molecular flexibility index (Phi) is 6.45. The summed E-state index contributed by atoms with van der Waals surface area (Å²) in [5.74, 6) is 1.19. The van der Waals surface area contributed by atoms with Crippen molar-refractivity contribution in [2.24, 2.45) is 0 Å². The fraction of sp³-hybridized carbons (Fsp3) is 0.571. The van der Waals surface area contributed by atoms with Crippen molar-refractivity contribution < 1.29 is 0 Å². The average molecular weight is 252 g/mol. The topological polar surface area (TPSA) is 15.3 Å². The monoisotopic (exact) mass is 252 g/mol. The fourth-order valence-corrected chi connectivity index (χ4v) is 2.80. The normalized spacial score (nSPS) is 12.5. The van der Waals surface area contributed by atoms with Crippen molar-refractivity contribution in [2.45, 2.75) is 25.9 Å². The molecule has 0 aromatic heterocycles. The molecule has 0 spiro atoms. The Balaban J connectivity index is 2.70. The van der Waals surface area contributed by atoms with Gasteiger partial charge >= 0.3 is 0 Å². The number of nitrogens with zero attached hydrogens (tertiary/aromatic N) is 1. The van der Waals surface area contributed by atoms with Gasteiger partial charge in [-0.2, -0.15) is 11.8 Å². The molecule has 0 heterocycles. The van der Waals surface area contributed by atoms with E-state index in [0.717, 1.165) is 6.54 Å². The van der Waals surface area contributed by atoms with Crippen LogP contribution in [0.3, 0.4) is 0 Å². The number of nitrogens with one attached hydrogen (secondary N) is 1. The molecule has 0 amide bonds. The second-order valence-corrected chi connectivity index (χ2v) is 5.24. The Morgan fingerprint density at radius 2 is 1.94 bits per heavy atom. The molecule has 1 aromatic carbocycles. The third kappa shape index (κ3) is 4.25. The molecule has 0 saturated heterocycles. The van der Waals surface area contributed by atoms with E-state index in [0.29, 0.717) is 6.04 Å². The van der Waals surface area contributed by atoms with Crippen molar-refractivity contribution >= 4 is 17.4 Å². The summed E-state index contributed by atoms with van der Waals surface area (Å²) >= 11 is 1.92. The minimum Gasteiger partial charge on any atom is -0.371 e. The van der Waals surface area contributed by atoms with Crippen molar-refractivity contribution in [3.05, 3.63) is 29.8 Å². The van der Waals surface area contributed by atoms with Crippen LogP contribution in [-0.4, -0.2) is 32.1 Å². The average Bonchev–Trinajstić information content (AvgIpc) is 2.36. The number of benzene rings is 1. The molecule has 0 aliphatic heterocycles. The van der Waals surface area contributed by atoms with Gasteiger partial charge in [0.1, 0.15) is 0 Å². The minimum atomic E-state index is 0.625. The molecule has 0 saturated carbocycles. The molecule has 1 N–H and O–H groups in total. The lowest BCUT2D eigenvalue weighted by molar-refractivity contribution is 0.673. The Bertz CT molecular complexity index is 311. The maximum absolute atomic E-state index is 3.17. The Labute approximate surface area is 110 Å². The highest BCUT2D eigenvalue weighted by molar-refractivity contribution is 7.98. The van der Waals surface area contributed by atoms with Crippen LogP contribution in [0.1, 0.15) is 18.9 Å². The van der Waals surface area contributed by atoms with Crippen LogP contribution in [0.2, 0.25) is 0 Å². The zero-order valence-electron chi connectivity index (χ0n) is 11.4. The summed E-state index contributed by atoms with van der Waals surface area (Å²) in [6.45, 7) is 3.19. The molecule has 17 heavy (non-hydrogen) atoms. The molecule has 1 aromatic rings. The highest BCUT2D eigenvalue weighted by atomic mass is 32.2. The maximum atomic E-state index is 3.17. The van der Waals surface area contributed by atoms with E-state index in [1.165, 1.54) is 23.4 Å². The van der Waals surface area contributed by atoms with Crippen molar-refractivity contribution in [3.63, 3.8) is 0 Å². The minimum absolute atomic E-state index is 0.625. The molecule has 1 unspecified atom stereocenters. The lowest BCUT2D eigenvalue weighted by Crippen LogP contribution is -2.33. The molecule has 1 atom stereocenters. The van der Waals surface area contributed by atoms with Crippen LogP contribution in [0.4, 0.5) is 5.69 Å². The summed E-state index contributed by atoms with van der Waals surface area (Å²) in [5.41, 5.74) is 2.65. The van der Waals surface area contributed by atoms with Gasteiger partial charge in [0.2, 0.25) is 0 Å². The van der Waals surface area contributed by atoms with Crippen LogP contribution in [0.5, 0.6) is 0 Å². The number of thioether (sulfide) groups is 1. The first-order valence-corrected chi connectivity index (χ1v) is 7.57. The molecule has 2 nitrogen and oxygen atoms in total. The van der Waals surface area contributed by atoms with Crippen LogP contribution in [0, 0.1) is 0 Å². The van der Waals surface area contributed by atoms with Crippen molar-refractivity contribution in [3.8, 4) is 0 Å². The molecule has 0 aliphatic rings. The molecule has 1 rings (SSSR count). The lowest BCUT2D eigenvalue weighted by atomic mass is 10.1. The van der Waals surface area contributed by atoms with Crippen LogP contribution < -0.4 is 10.2 Å².